The van der Waals surface area contributed by atoms with Crippen LogP contribution in [0.5, 0.6) is 0 Å². The van der Waals surface area contributed by atoms with Gasteiger partial charge in [-0.2, -0.15) is 0 Å². The highest BCUT2D eigenvalue weighted by Gasteiger charge is 2.46. The van der Waals surface area contributed by atoms with Gasteiger partial charge in [-0.25, -0.2) is 0 Å². The Hall–Kier alpha value is -1.91. The highest BCUT2D eigenvalue weighted by Crippen LogP contribution is 2.45. The lowest BCUT2D eigenvalue weighted by Gasteiger charge is -2.25. The summed E-state index contributed by atoms with van der Waals surface area (Å²) in [6.45, 7) is 0. The van der Waals surface area contributed by atoms with Gasteiger partial charge in [-0.1, -0.05) is 54.6 Å². The second kappa shape index (κ2) is 9.86. The Morgan fingerprint density at radius 1 is 1.19 bits per heavy atom. The summed E-state index contributed by atoms with van der Waals surface area (Å²) in [5.74, 6) is 0.0849. The third-order valence-electron chi connectivity index (χ3n) is 5.67. The standard InChI is InChI=1S/C23H30O4/c24-18(16-17-8-4-3-5-9-17)12-13-20-19(21-14-15-22(20)27-21)10-6-1-2-7-11-23(25)26/h1,3-6,8-9,12-13,18-22,24H,2,7,10-11,14-16H2,(H,25,26)/b6-1-,13-12+/t18?,19-,20-,21+,22-/m0/s1. The Balaban J connectivity index is 1.50. The molecule has 5 atom stereocenters. The van der Waals surface area contributed by atoms with Gasteiger partial charge in [0.25, 0.3) is 0 Å². The summed E-state index contributed by atoms with van der Waals surface area (Å²) in [5, 5.41) is 19.0. The molecule has 2 aliphatic heterocycles. The minimum Gasteiger partial charge on any atom is -0.481 e. The summed E-state index contributed by atoms with van der Waals surface area (Å²) in [5.41, 5.74) is 1.14. The fourth-order valence-corrected chi connectivity index (χ4v) is 4.31. The molecule has 0 saturated carbocycles. The zero-order valence-corrected chi connectivity index (χ0v) is 15.7. The molecule has 1 aromatic rings. The van der Waals surface area contributed by atoms with Crippen LogP contribution in [0.25, 0.3) is 0 Å². The second-order valence-corrected chi connectivity index (χ2v) is 7.67. The maximum absolute atomic E-state index is 10.5. The van der Waals surface area contributed by atoms with E-state index in [4.69, 9.17) is 9.84 Å². The summed E-state index contributed by atoms with van der Waals surface area (Å²) >= 11 is 0. The molecule has 2 aliphatic rings. The number of aliphatic hydroxyl groups is 1. The smallest absolute Gasteiger partial charge is 0.303 e. The Bertz CT molecular complexity index is 652. The summed E-state index contributed by atoms with van der Waals surface area (Å²) < 4.78 is 6.11. The summed E-state index contributed by atoms with van der Waals surface area (Å²) in [6.07, 6.45) is 14.0. The quantitative estimate of drug-likeness (QED) is 0.480. The maximum Gasteiger partial charge on any atom is 0.303 e. The largest absolute Gasteiger partial charge is 0.481 e. The number of unbranched alkanes of at least 4 members (excludes halogenated alkanes) is 1. The van der Waals surface area contributed by atoms with Crippen molar-refractivity contribution in [1.29, 1.82) is 0 Å². The van der Waals surface area contributed by atoms with Crippen molar-refractivity contribution in [1.82, 2.24) is 0 Å². The summed E-state index contributed by atoms with van der Waals surface area (Å²) in [6, 6.07) is 10.0. The monoisotopic (exact) mass is 370 g/mol. The van der Waals surface area contributed by atoms with Crippen molar-refractivity contribution in [2.45, 2.75) is 63.3 Å². The number of hydrogen-bond acceptors (Lipinski definition) is 3. The summed E-state index contributed by atoms with van der Waals surface area (Å²) in [7, 11) is 0. The molecule has 0 aliphatic carbocycles. The number of rotatable bonds is 10. The Morgan fingerprint density at radius 3 is 2.74 bits per heavy atom. The molecule has 1 unspecified atom stereocenters. The Morgan fingerprint density at radius 2 is 1.96 bits per heavy atom. The van der Waals surface area contributed by atoms with Crippen LogP contribution in [0.4, 0.5) is 0 Å². The molecule has 4 nitrogen and oxygen atoms in total. The van der Waals surface area contributed by atoms with E-state index in [0.717, 1.165) is 31.2 Å². The van der Waals surface area contributed by atoms with E-state index in [9.17, 15) is 9.90 Å². The number of fused-ring (bicyclic) bond motifs is 2. The van der Waals surface area contributed by atoms with Crippen molar-refractivity contribution < 1.29 is 19.7 Å². The van der Waals surface area contributed by atoms with Gasteiger partial charge in [0.2, 0.25) is 0 Å². The first-order valence-electron chi connectivity index (χ1n) is 10.1. The van der Waals surface area contributed by atoms with E-state index >= 15 is 0 Å². The van der Waals surface area contributed by atoms with E-state index in [-0.39, 0.29) is 12.5 Å². The maximum atomic E-state index is 10.5. The van der Waals surface area contributed by atoms with Gasteiger partial charge in [0.15, 0.2) is 0 Å². The van der Waals surface area contributed by atoms with Gasteiger partial charge in [0.1, 0.15) is 0 Å². The average Bonchev–Trinajstić information content (AvgIpc) is 3.25. The number of benzene rings is 1. The molecule has 146 valence electrons. The number of hydrogen-bond donors (Lipinski definition) is 2. The van der Waals surface area contributed by atoms with Crippen molar-refractivity contribution in [2.75, 3.05) is 0 Å². The molecule has 1 aromatic carbocycles. The molecule has 0 amide bonds. The number of carboxylic acid groups (broad SMARTS) is 1. The van der Waals surface area contributed by atoms with Crippen LogP contribution in [-0.4, -0.2) is 34.5 Å². The first-order chi connectivity index (χ1) is 13.1. The van der Waals surface area contributed by atoms with E-state index < -0.39 is 12.1 Å². The fraction of sp³-hybridized carbons (Fsp3) is 0.522. The third kappa shape index (κ3) is 5.78. The lowest BCUT2D eigenvalue weighted by Crippen LogP contribution is -2.25. The van der Waals surface area contributed by atoms with Gasteiger partial charge in [0.05, 0.1) is 18.3 Å². The average molecular weight is 370 g/mol. The molecule has 4 heteroatoms. The fourth-order valence-electron chi connectivity index (χ4n) is 4.31. The van der Waals surface area contributed by atoms with Crippen molar-refractivity contribution in [3.63, 3.8) is 0 Å². The molecule has 2 N–H and O–H groups in total. The van der Waals surface area contributed by atoms with Crippen LogP contribution >= 0.6 is 0 Å². The predicted molar refractivity (Wildman–Crippen MR) is 105 cm³/mol. The van der Waals surface area contributed by atoms with Gasteiger partial charge in [-0.15, -0.1) is 0 Å². The topological polar surface area (TPSA) is 66.8 Å². The first-order valence-corrected chi connectivity index (χ1v) is 10.1. The number of allylic oxidation sites excluding steroid dienone is 2. The predicted octanol–water partition coefficient (Wildman–Crippen LogP) is 4.14. The Labute approximate surface area is 161 Å². The zero-order chi connectivity index (χ0) is 19.1. The minimum atomic E-state index is -0.732. The molecule has 2 fully saturated rings. The van der Waals surface area contributed by atoms with Crippen LogP contribution < -0.4 is 0 Å². The van der Waals surface area contributed by atoms with Crippen LogP contribution in [0.2, 0.25) is 0 Å². The number of carboxylic acids is 1. The second-order valence-electron chi connectivity index (χ2n) is 7.67. The van der Waals surface area contributed by atoms with Crippen molar-refractivity contribution in [3.8, 4) is 0 Å². The molecular formula is C23H30O4. The van der Waals surface area contributed by atoms with E-state index in [1.807, 2.05) is 36.4 Å². The van der Waals surface area contributed by atoms with Gasteiger partial charge >= 0.3 is 5.97 Å². The van der Waals surface area contributed by atoms with Gasteiger partial charge < -0.3 is 14.9 Å². The molecule has 27 heavy (non-hydrogen) atoms. The molecule has 3 rings (SSSR count). The number of ether oxygens (including phenoxy) is 1. The zero-order valence-electron chi connectivity index (χ0n) is 15.7. The van der Waals surface area contributed by atoms with E-state index in [2.05, 4.69) is 18.2 Å². The van der Waals surface area contributed by atoms with Crippen LogP contribution in [0.1, 0.15) is 44.1 Å². The Kier molecular flexibility index (Phi) is 7.25. The first kappa shape index (κ1) is 19.8. The van der Waals surface area contributed by atoms with E-state index in [0.29, 0.717) is 30.8 Å². The van der Waals surface area contributed by atoms with E-state index in [1.165, 1.54) is 0 Å². The molecule has 0 radical (unpaired) electrons. The third-order valence-corrected chi connectivity index (χ3v) is 5.67. The lowest BCUT2D eigenvalue weighted by atomic mass is 9.77. The molecule has 0 spiro atoms. The number of aliphatic carboxylic acids is 1. The van der Waals surface area contributed by atoms with Crippen LogP contribution in [0, 0.1) is 11.8 Å². The van der Waals surface area contributed by atoms with Crippen molar-refractivity contribution >= 4 is 5.97 Å². The van der Waals surface area contributed by atoms with Crippen LogP contribution in [-0.2, 0) is 16.0 Å². The van der Waals surface area contributed by atoms with Crippen LogP contribution in [0.3, 0.4) is 0 Å². The van der Waals surface area contributed by atoms with Crippen molar-refractivity contribution in [3.05, 3.63) is 60.2 Å². The number of carbonyl (C=O) groups is 1. The molecule has 2 heterocycles. The van der Waals surface area contributed by atoms with Gasteiger partial charge in [-0.3, -0.25) is 4.79 Å². The van der Waals surface area contributed by atoms with E-state index in [1.54, 1.807) is 0 Å². The van der Waals surface area contributed by atoms with Crippen LogP contribution in [0.15, 0.2) is 54.6 Å². The highest BCUT2D eigenvalue weighted by molar-refractivity contribution is 5.66. The van der Waals surface area contributed by atoms with Gasteiger partial charge in [0, 0.05) is 18.8 Å². The lowest BCUT2D eigenvalue weighted by molar-refractivity contribution is -0.137. The minimum absolute atomic E-state index is 0.228. The molecule has 2 bridgehead atoms. The highest BCUT2D eigenvalue weighted by atomic mass is 16.5. The SMILES string of the molecule is O=C(O)CCC/C=C\C[C@H]1[C@H](/C=C/C(O)Cc2ccccc2)[C@@H]2CC[C@H]1O2. The molecule has 2 saturated heterocycles. The van der Waals surface area contributed by atoms with Gasteiger partial charge in [-0.05, 0) is 43.6 Å². The van der Waals surface area contributed by atoms with Crippen molar-refractivity contribution in [2.24, 2.45) is 11.8 Å². The summed E-state index contributed by atoms with van der Waals surface area (Å²) in [4.78, 5) is 10.5. The molecule has 0 aromatic heterocycles. The normalized spacial score (nSPS) is 28.3. The number of aliphatic hydroxyl groups excluding tert-OH is 1. The molecular weight excluding hydrogens is 340 g/mol.